The maximum Gasteiger partial charge on any atom is 0.252 e. The van der Waals surface area contributed by atoms with Crippen LogP contribution in [0, 0.1) is 11.3 Å². The number of hydrogen-bond acceptors (Lipinski definition) is 4. The molecule has 1 fully saturated rings. The summed E-state index contributed by atoms with van der Waals surface area (Å²) in [5, 5.41) is 4.03. The van der Waals surface area contributed by atoms with Crippen LogP contribution in [-0.2, 0) is 22.3 Å². The van der Waals surface area contributed by atoms with E-state index in [9.17, 15) is 4.79 Å². The molecule has 0 bridgehead atoms. The Balaban J connectivity index is 1.68. The van der Waals surface area contributed by atoms with Gasteiger partial charge in [-0.2, -0.15) is 0 Å². The molecule has 2 aliphatic rings. The largest absolute Gasteiger partial charge is 0.376 e. The van der Waals surface area contributed by atoms with Crippen molar-refractivity contribution >= 4 is 16.8 Å². The molecule has 0 radical (unpaired) electrons. The summed E-state index contributed by atoms with van der Waals surface area (Å²) in [5.41, 5.74) is 4.12. The number of carbonyl (C=O) groups is 1. The normalized spacial score (nSPS) is 22.7. The molecule has 1 aliphatic heterocycles. The number of amides is 1. The Morgan fingerprint density at radius 1 is 1.25 bits per heavy atom. The minimum absolute atomic E-state index is 0.0291. The predicted octanol–water partition coefficient (Wildman–Crippen LogP) is 3.53. The maximum atomic E-state index is 13.3. The number of nitrogens with one attached hydrogen (secondary N) is 1. The summed E-state index contributed by atoms with van der Waals surface area (Å²) in [5.74, 6) is 0.517. The number of fused-ring (bicyclic) bond motifs is 2. The SMILES string of the molecule is CC(C)(C)[C@H]1CCc2nc3ccccc3c(C(=O)NC[C@@H]3COCCO3)c2C1. The molecule has 1 saturated heterocycles. The van der Waals surface area contributed by atoms with Gasteiger partial charge >= 0.3 is 0 Å². The van der Waals surface area contributed by atoms with Crippen molar-refractivity contribution in [2.24, 2.45) is 11.3 Å². The van der Waals surface area contributed by atoms with E-state index in [0.717, 1.165) is 47.0 Å². The molecule has 0 saturated carbocycles. The van der Waals surface area contributed by atoms with Crippen LogP contribution in [0.25, 0.3) is 10.9 Å². The van der Waals surface area contributed by atoms with Gasteiger partial charge in [0.2, 0.25) is 0 Å². The second-order valence-corrected chi connectivity index (χ2v) is 9.01. The Labute approximate surface area is 166 Å². The lowest BCUT2D eigenvalue weighted by atomic mass is 9.70. The molecular weight excluding hydrogens is 352 g/mol. The first-order valence-electron chi connectivity index (χ1n) is 10.3. The van der Waals surface area contributed by atoms with Crippen molar-refractivity contribution < 1.29 is 14.3 Å². The van der Waals surface area contributed by atoms with Crippen molar-refractivity contribution in [2.45, 2.75) is 46.1 Å². The quantitative estimate of drug-likeness (QED) is 0.882. The first-order valence-corrected chi connectivity index (χ1v) is 10.3. The van der Waals surface area contributed by atoms with Gasteiger partial charge in [-0.05, 0) is 42.2 Å². The number of nitrogens with zero attached hydrogens (tertiary/aromatic N) is 1. The molecule has 0 spiro atoms. The molecule has 1 aromatic heterocycles. The van der Waals surface area contributed by atoms with E-state index >= 15 is 0 Å². The summed E-state index contributed by atoms with van der Waals surface area (Å²) >= 11 is 0. The van der Waals surface area contributed by atoms with Gasteiger partial charge in [0.1, 0.15) is 0 Å². The van der Waals surface area contributed by atoms with Crippen molar-refractivity contribution in [3.63, 3.8) is 0 Å². The predicted molar refractivity (Wildman–Crippen MR) is 110 cm³/mol. The molecule has 150 valence electrons. The Morgan fingerprint density at radius 2 is 2.07 bits per heavy atom. The molecular formula is C23H30N2O3. The van der Waals surface area contributed by atoms with E-state index in [1.165, 1.54) is 0 Å². The van der Waals surface area contributed by atoms with Crippen LogP contribution in [0.15, 0.2) is 24.3 Å². The van der Waals surface area contributed by atoms with Crippen molar-refractivity contribution in [2.75, 3.05) is 26.4 Å². The van der Waals surface area contributed by atoms with Gasteiger partial charge in [-0.1, -0.05) is 39.0 Å². The Morgan fingerprint density at radius 3 is 2.82 bits per heavy atom. The van der Waals surface area contributed by atoms with Crippen molar-refractivity contribution in [3.05, 3.63) is 41.1 Å². The van der Waals surface area contributed by atoms with Gasteiger partial charge in [-0.3, -0.25) is 9.78 Å². The first kappa shape index (κ1) is 19.3. The molecule has 1 amide bonds. The van der Waals surface area contributed by atoms with Crippen LogP contribution in [0.4, 0.5) is 0 Å². The monoisotopic (exact) mass is 382 g/mol. The van der Waals surface area contributed by atoms with E-state index in [1.807, 2.05) is 24.3 Å². The zero-order valence-electron chi connectivity index (χ0n) is 17.1. The zero-order chi connectivity index (χ0) is 19.7. The molecule has 2 heterocycles. The lowest BCUT2D eigenvalue weighted by molar-refractivity contribution is -0.0855. The number of ether oxygens (including phenoxy) is 2. The van der Waals surface area contributed by atoms with Gasteiger partial charge in [-0.15, -0.1) is 0 Å². The lowest BCUT2D eigenvalue weighted by Crippen LogP contribution is -2.40. The Hall–Kier alpha value is -1.98. The van der Waals surface area contributed by atoms with Crippen LogP contribution < -0.4 is 5.32 Å². The number of hydrogen-bond donors (Lipinski definition) is 1. The third-order valence-corrected chi connectivity index (χ3v) is 6.09. The molecule has 2 aromatic rings. The summed E-state index contributed by atoms with van der Waals surface area (Å²) in [6.07, 6.45) is 2.88. The molecule has 5 nitrogen and oxygen atoms in total. The highest BCUT2D eigenvalue weighted by Crippen LogP contribution is 2.39. The number of pyridine rings is 1. The maximum absolute atomic E-state index is 13.3. The average Bonchev–Trinajstić information content (AvgIpc) is 2.70. The van der Waals surface area contributed by atoms with Crippen LogP contribution in [0.1, 0.15) is 48.8 Å². The fourth-order valence-corrected chi connectivity index (χ4v) is 4.34. The summed E-state index contributed by atoms with van der Waals surface area (Å²) < 4.78 is 11.1. The molecule has 2 atom stereocenters. The van der Waals surface area contributed by atoms with Crippen molar-refractivity contribution in [1.29, 1.82) is 0 Å². The fraction of sp³-hybridized carbons (Fsp3) is 0.565. The van der Waals surface area contributed by atoms with Gasteiger partial charge < -0.3 is 14.8 Å². The molecule has 28 heavy (non-hydrogen) atoms. The average molecular weight is 383 g/mol. The lowest BCUT2D eigenvalue weighted by Gasteiger charge is -2.35. The molecule has 1 N–H and O–H groups in total. The van der Waals surface area contributed by atoms with E-state index < -0.39 is 0 Å². The van der Waals surface area contributed by atoms with Crippen LogP contribution in [-0.4, -0.2) is 43.4 Å². The smallest absolute Gasteiger partial charge is 0.252 e. The molecule has 0 unspecified atom stereocenters. The standard InChI is InChI=1S/C23H30N2O3/c1-23(2,3)15-8-9-20-18(12-15)21(17-6-4-5-7-19(17)25-20)22(26)24-13-16-14-27-10-11-28-16/h4-7,15-16H,8-14H2,1-3H3,(H,24,26)/t15-,16+/m0/s1. The number of para-hydroxylation sites is 1. The molecule has 1 aromatic carbocycles. The minimum Gasteiger partial charge on any atom is -0.376 e. The van der Waals surface area contributed by atoms with Crippen LogP contribution in [0.5, 0.6) is 0 Å². The van der Waals surface area contributed by atoms with Crippen molar-refractivity contribution in [1.82, 2.24) is 10.3 Å². The summed E-state index contributed by atoms with van der Waals surface area (Å²) in [6, 6.07) is 7.98. The van der Waals surface area contributed by atoms with E-state index in [4.69, 9.17) is 14.5 Å². The van der Waals surface area contributed by atoms with Gasteiger partial charge in [0.25, 0.3) is 5.91 Å². The van der Waals surface area contributed by atoms with Gasteiger partial charge in [0.05, 0.1) is 37.0 Å². The number of benzene rings is 1. The summed E-state index contributed by atoms with van der Waals surface area (Å²) in [4.78, 5) is 18.2. The summed E-state index contributed by atoms with van der Waals surface area (Å²) in [6.45, 7) is 9.07. The highest BCUT2D eigenvalue weighted by atomic mass is 16.6. The second-order valence-electron chi connectivity index (χ2n) is 9.01. The van der Waals surface area contributed by atoms with E-state index in [-0.39, 0.29) is 17.4 Å². The second kappa shape index (κ2) is 7.80. The Kier molecular flexibility index (Phi) is 5.39. The van der Waals surface area contributed by atoms with Crippen LogP contribution >= 0.6 is 0 Å². The molecule has 5 heteroatoms. The number of aromatic nitrogens is 1. The zero-order valence-corrected chi connectivity index (χ0v) is 17.1. The number of carbonyl (C=O) groups excluding carboxylic acids is 1. The molecule has 4 rings (SSSR count). The highest BCUT2D eigenvalue weighted by Gasteiger charge is 2.32. The number of rotatable bonds is 3. The molecule has 1 aliphatic carbocycles. The fourth-order valence-electron chi connectivity index (χ4n) is 4.34. The summed E-state index contributed by atoms with van der Waals surface area (Å²) in [7, 11) is 0. The topological polar surface area (TPSA) is 60.5 Å². The van der Waals surface area contributed by atoms with Gasteiger partial charge in [0.15, 0.2) is 0 Å². The van der Waals surface area contributed by atoms with Crippen molar-refractivity contribution in [3.8, 4) is 0 Å². The van der Waals surface area contributed by atoms with Gasteiger partial charge in [0, 0.05) is 17.6 Å². The third-order valence-electron chi connectivity index (χ3n) is 6.09. The van der Waals surface area contributed by atoms with E-state index in [0.29, 0.717) is 32.3 Å². The highest BCUT2D eigenvalue weighted by molar-refractivity contribution is 6.07. The minimum atomic E-state index is -0.0797. The van der Waals surface area contributed by atoms with E-state index in [2.05, 4.69) is 26.1 Å². The third kappa shape index (κ3) is 3.91. The Bertz CT molecular complexity index is 866. The number of aryl methyl sites for hydroxylation is 1. The van der Waals surface area contributed by atoms with Crippen LogP contribution in [0.3, 0.4) is 0 Å². The first-order chi connectivity index (χ1) is 13.4. The van der Waals surface area contributed by atoms with Gasteiger partial charge in [-0.25, -0.2) is 0 Å². The van der Waals surface area contributed by atoms with Crippen LogP contribution in [0.2, 0.25) is 0 Å². The van der Waals surface area contributed by atoms with E-state index in [1.54, 1.807) is 0 Å².